The molecule has 1 aromatic heterocycles. The van der Waals surface area contributed by atoms with E-state index in [0.29, 0.717) is 9.99 Å². The number of hydrogen-bond acceptors (Lipinski definition) is 3. The zero-order valence-corrected chi connectivity index (χ0v) is 11.4. The fraction of sp³-hybridized carbons (Fsp3) is 0.143. The molecule has 0 aliphatic rings. The van der Waals surface area contributed by atoms with Crippen molar-refractivity contribution in [2.45, 2.75) is 13.3 Å². The Bertz CT molecular complexity index is 755. The summed E-state index contributed by atoms with van der Waals surface area (Å²) in [4.78, 5) is 9.11. The quantitative estimate of drug-likeness (QED) is 0.695. The van der Waals surface area contributed by atoms with E-state index >= 15 is 0 Å². The average molecular weight is 303 g/mol. The first-order chi connectivity index (χ1) is 8.70. The first-order valence-electron chi connectivity index (χ1n) is 5.77. The standard InChI is InChI=1S/C14H11BrN2O/c1-2-8-7-9(15)14(18)13-12(8)16-10-5-3-4-6-11(10)17-13/h3-7,18H,2H2,1H3. The van der Waals surface area contributed by atoms with E-state index in [2.05, 4.69) is 32.8 Å². The van der Waals surface area contributed by atoms with Gasteiger partial charge in [-0.3, -0.25) is 0 Å². The van der Waals surface area contributed by atoms with Gasteiger partial charge in [0.05, 0.1) is 21.0 Å². The third-order valence-corrected chi connectivity index (χ3v) is 3.61. The van der Waals surface area contributed by atoms with Crippen LogP contribution in [-0.2, 0) is 6.42 Å². The third-order valence-electron chi connectivity index (χ3n) is 3.01. The number of hydrogen-bond donors (Lipinski definition) is 1. The van der Waals surface area contributed by atoms with Crippen LogP contribution in [0.25, 0.3) is 22.1 Å². The summed E-state index contributed by atoms with van der Waals surface area (Å²) in [5, 5.41) is 10.1. The van der Waals surface area contributed by atoms with Crippen LogP contribution in [-0.4, -0.2) is 15.1 Å². The minimum absolute atomic E-state index is 0.153. The molecule has 0 bridgehead atoms. The number of para-hydroxylation sites is 2. The molecule has 0 saturated carbocycles. The van der Waals surface area contributed by atoms with E-state index in [4.69, 9.17) is 0 Å². The van der Waals surface area contributed by atoms with Gasteiger partial charge >= 0.3 is 0 Å². The maximum atomic E-state index is 10.1. The molecule has 4 heteroatoms. The second-order valence-electron chi connectivity index (χ2n) is 4.13. The molecule has 90 valence electrons. The van der Waals surface area contributed by atoms with Crippen molar-refractivity contribution < 1.29 is 5.11 Å². The first-order valence-corrected chi connectivity index (χ1v) is 6.57. The number of phenols is 1. The molecule has 0 radical (unpaired) electrons. The second-order valence-corrected chi connectivity index (χ2v) is 4.98. The van der Waals surface area contributed by atoms with Crippen LogP contribution in [0.4, 0.5) is 0 Å². The molecule has 3 nitrogen and oxygen atoms in total. The molecule has 1 N–H and O–H groups in total. The lowest BCUT2D eigenvalue weighted by Gasteiger charge is -2.08. The van der Waals surface area contributed by atoms with Crippen LogP contribution in [0, 0.1) is 0 Å². The predicted octanol–water partition coefficient (Wildman–Crippen LogP) is 3.81. The lowest BCUT2D eigenvalue weighted by molar-refractivity contribution is 0.477. The number of rotatable bonds is 1. The van der Waals surface area contributed by atoms with Gasteiger partial charge in [-0.2, -0.15) is 0 Å². The Morgan fingerprint density at radius 1 is 1.11 bits per heavy atom. The monoisotopic (exact) mass is 302 g/mol. The highest BCUT2D eigenvalue weighted by Gasteiger charge is 2.12. The summed E-state index contributed by atoms with van der Waals surface area (Å²) in [5.74, 6) is 0.153. The summed E-state index contributed by atoms with van der Waals surface area (Å²) in [6.45, 7) is 2.06. The van der Waals surface area contributed by atoms with Crippen LogP contribution >= 0.6 is 15.9 Å². The second kappa shape index (κ2) is 4.21. The van der Waals surface area contributed by atoms with Crippen molar-refractivity contribution in [3.05, 3.63) is 40.4 Å². The smallest absolute Gasteiger partial charge is 0.157 e. The van der Waals surface area contributed by atoms with Gasteiger partial charge in [0.15, 0.2) is 5.75 Å². The largest absolute Gasteiger partial charge is 0.504 e. The number of halogens is 1. The zero-order chi connectivity index (χ0) is 12.7. The molecular formula is C14H11BrN2O. The lowest BCUT2D eigenvalue weighted by atomic mass is 10.1. The fourth-order valence-corrected chi connectivity index (χ4v) is 2.53. The van der Waals surface area contributed by atoms with Crippen LogP contribution in [0.5, 0.6) is 5.75 Å². The van der Waals surface area contributed by atoms with Crippen molar-refractivity contribution >= 4 is 38.0 Å². The van der Waals surface area contributed by atoms with Crippen molar-refractivity contribution in [2.24, 2.45) is 0 Å². The number of benzene rings is 2. The predicted molar refractivity (Wildman–Crippen MR) is 75.8 cm³/mol. The SMILES string of the molecule is CCc1cc(Br)c(O)c2nc3ccccc3nc12. The normalized spacial score (nSPS) is 11.2. The Balaban J connectivity index is 2.52. The highest BCUT2D eigenvalue weighted by Crippen LogP contribution is 2.34. The minimum Gasteiger partial charge on any atom is -0.504 e. The van der Waals surface area contributed by atoms with E-state index in [1.165, 1.54) is 0 Å². The third kappa shape index (κ3) is 1.64. The van der Waals surface area contributed by atoms with E-state index in [1.807, 2.05) is 30.3 Å². The van der Waals surface area contributed by atoms with Gasteiger partial charge in [-0.1, -0.05) is 19.1 Å². The Kier molecular flexibility index (Phi) is 2.67. The number of nitrogens with zero attached hydrogens (tertiary/aromatic N) is 2. The Hall–Kier alpha value is -1.68. The zero-order valence-electron chi connectivity index (χ0n) is 9.81. The number of aromatic hydroxyl groups is 1. The molecule has 0 saturated heterocycles. The van der Waals surface area contributed by atoms with Gasteiger partial charge in [-0.05, 0) is 46.1 Å². The maximum absolute atomic E-state index is 10.1. The summed E-state index contributed by atoms with van der Waals surface area (Å²) >= 11 is 3.35. The molecule has 0 aliphatic carbocycles. The Morgan fingerprint density at radius 2 is 1.72 bits per heavy atom. The molecule has 0 aliphatic heterocycles. The summed E-state index contributed by atoms with van der Waals surface area (Å²) in [6.07, 6.45) is 0.850. The maximum Gasteiger partial charge on any atom is 0.157 e. The minimum atomic E-state index is 0.153. The van der Waals surface area contributed by atoms with Crippen LogP contribution in [0.3, 0.4) is 0 Å². The van der Waals surface area contributed by atoms with E-state index in [0.717, 1.165) is 28.5 Å². The molecule has 0 atom stereocenters. The number of aryl methyl sites for hydroxylation is 1. The summed E-state index contributed by atoms with van der Waals surface area (Å²) in [6, 6.07) is 9.58. The van der Waals surface area contributed by atoms with Gasteiger partial charge in [0, 0.05) is 0 Å². The van der Waals surface area contributed by atoms with Gasteiger partial charge in [0.1, 0.15) is 5.52 Å². The van der Waals surface area contributed by atoms with Gasteiger partial charge < -0.3 is 5.11 Å². The molecule has 0 spiro atoms. The first kappa shape index (κ1) is 11.4. The molecule has 3 aromatic rings. The molecule has 1 heterocycles. The van der Waals surface area contributed by atoms with E-state index < -0.39 is 0 Å². The van der Waals surface area contributed by atoms with Crippen molar-refractivity contribution in [3.63, 3.8) is 0 Å². The van der Waals surface area contributed by atoms with Crippen LogP contribution in [0.1, 0.15) is 12.5 Å². The molecule has 0 fully saturated rings. The highest BCUT2D eigenvalue weighted by molar-refractivity contribution is 9.10. The number of phenolic OH excluding ortho intramolecular Hbond substituents is 1. The van der Waals surface area contributed by atoms with Crippen LogP contribution < -0.4 is 0 Å². The molecule has 3 rings (SSSR count). The van der Waals surface area contributed by atoms with E-state index in [9.17, 15) is 5.11 Å². The number of aromatic nitrogens is 2. The molecule has 2 aromatic carbocycles. The van der Waals surface area contributed by atoms with Gasteiger partial charge in [-0.15, -0.1) is 0 Å². The summed E-state index contributed by atoms with van der Waals surface area (Å²) in [7, 11) is 0. The molecule has 0 amide bonds. The fourth-order valence-electron chi connectivity index (χ4n) is 2.06. The lowest BCUT2D eigenvalue weighted by Crippen LogP contribution is -1.93. The average Bonchev–Trinajstić information content (AvgIpc) is 2.41. The Labute approximate surface area is 113 Å². The molecular weight excluding hydrogens is 292 g/mol. The van der Waals surface area contributed by atoms with Crippen LogP contribution in [0.15, 0.2) is 34.8 Å². The number of fused-ring (bicyclic) bond motifs is 2. The van der Waals surface area contributed by atoms with E-state index in [-0.39, 0.29) is 5.75 Å². The van der Waals surface area contributed by atoms with E-state index in [1.54, 1.807) is 0 Å². The summed E-state index contributed by atoms with van der Waals surface area (Å²) < 4.78 is 0.663. The van der Waals surface area contributed by atoms with Crippen molar-refractivity contribution in [1.29, 1.82) is 0 Å². The Morgan fingerprint density at radius 3 is 2.33 bits per heavy atom. The van der Waals surface area contributed by atoms with Gasteiger partial charge in [-0.25, -0.2) is 9.97 Å². The molecule has 0 unspecified atom stereocenters. The topological polar surface area (TPSA) is 46.0 Å². The van der Waals surface area contributed by atoms with Crippen LogP contribution in [0.2, 0.25) is 0 Å². The van der Waals surface area contributed by atoms with Crippen molar-refractivity contribution in [3.8, 4) is 5.75 Å². The van der Waals surface area contributed by atoms with Gasteiger partial charge in [0.25, 0.3) is 0 Å². The summed E-state index contributed by atoms with van der Waals surface area (Å²) in [5.41, 5.74) is 4.05. The van der Waals surface area contributed by atoms with Gasteiger partial charge in [0.2, 0.25) is 0 Å². The van der Waals surface area contributed by atoms with Crippen molar-refractivity contribution in [1.82, 2.24) is 9.97 Å². The molecule has 18 heavy (non-hydrogen) atoms. The highest BCUT2D eigenvalue weighted by atomic mass is 79.9. The van der Waals surface area contributed by atoms with Crippen molar-refractivity contribution in [2.75, 3.05) is 0 Å².